The third-order valence-corrected chi connectivity index (χ3v) is 5.26. The Balaban J connectivity index is 1.90. The molecule has 3 rings (SSSR count). The van der Waals surface area contributed by atoms with E-state index < -0.39 is 0 Å². The maximum Gasteiger partial charge on any atom is 0.124 e. The molecule has 1 heterocycles. The Morgan fingerprint density at radius 2 is 1.90 bits per heavy atom. The van der Waals surface area contributed by atoms with Crippen LogP contribution in [0.1, 0.15) is 51.0 Å². The summed E-state index contributed by atoms with van der Waals surface area (Å²) in [6.07, 6.45) is 7.73. The second kappa shape index (κ2) is 6.37. The van der Waals surface area contributed by atoms with Gasteiger partial charge in [0, 0.05) is 17.5 Å². The van der Waals surface area contributed by atoms with Crippen molar-refractivity contribution >= 4 is 0 Å². The molecule has 1 aliphatic heterocycles. The highest BCUT2D eigenvalue weighted by molar-refractivity contribution is 5.42. The maximum atomic E-state index is 10.2. The summed E-state index contributed by atoms with van der Waals surface area (Å²) in [4.78, 5) is 0. The Morgan fingerprint density at radius 1 is 1.19 bits per heavy atom. The summed E-state index contributed by atoms with van der Waals surface area (Å²) >= 11 is 0. The van der Waals surface area contributed by atoms with Gasteiger partial charge in [0.15, 0.2) is 0 Å². The average molecular weight is 289 g/mol. The number of aliphatic hydroxyl groups excluding tert-OH is 1. The lowest BCUT2D eigenvalue weighted by atomic mass is 9.76. The quantitative estimate of drug-likeness (QED) is 0.840. The molecule has 2 atom stereocenters. The van der Waals surface area contributed by atoms with Crippen molar-refractivity contribution < 1.29 is 9.84 Å². The Hall–Kier alpha value is -1.06. The van der Waals surface area contributed by atoms with Crippen LogP contribution < -0.4 is 10.1 Å². The molecule has 2 aliphatic rings. The van der Waals surface area contributed by atoms with Crippen LogP contribution in [0.4, 0.5) is 0 Å². The van der Waals surface area contributed by atoms with Crippen molar-refractivity contribution in [3.8, 4) is 5.75 Å². The third kappa shape index (κ3) is 2.82. The SMILES string of the molecule is CC1COc2ccccc2C1(CO)NC1CCCCCC1. The molecule has 1 aromatic carbocycles. The van der Waals surface area contributed by atoms with Crippen LogP contribution in [0.3, 0.4) is 0 Å². The van der Waals surface area contributed by atoms with E-state index in [9.17, 15) is 5.11 Å². The molecule has 0 aromatic heterocycles. The van der Waals surface area contributed by atoms with Crippen LogP contribution in [0.5, 0.6) is 5.75 Å². The molecule has 21 heavy (non-hydrogen) atoms. The first-order valence-corrected chi connectivity index (χ1v) is 8.37. The largest absolute Gasteiger partial charge is 0.493 e. The average Bonchev–Trinajstić information content (AvgIpc) is 2.79. The predicted octanol–water partition coefficient (Wildman–Crippen LogP) is 3.22. The molecule has 1 aliphatic carbocycles. The number of nitrogens with one attached hydrogen (secondary N) is 1. The lowest BCUT2D eigenvalue weighted by Crippen LogP contribution is -2.57. The Morgan fingerprint density at radius 3 is 2.62 bits per heavy atom. The number of para-hydroxylation sites is 1. The van der Waals surface area contributed by atoms with Gasteiger partial charge in [0.1, 0.15) is 5.75 Å². The van der Waals surface area contributed by atoms with Gasteiger partial charge in [-0.3, -0.25) is 0 Å². The second-order valence-electron chi connectivity index (χ2n) is 6.67. The van der Waals surface area contributed by atoms with Crippen molar-refractivity contribution in [3.63, 3.8) is 0 Å². The molecule has 0 radical (unpaired) electrons. The van der Waals surface area contributed by atoms with Gasteiger partial charge in [0.05, 0.1) is 18.8 Å². The van der Waals surface area contributed by atoms with Gasteiger partial charge >= 0.3 is 0 Å². The molecular weight excluding hydrogens is 262 g/mol. The van der Waals surface area contributed by atoms with Crippen LogP contribution in [0.15, 0.2) is 24.3 Å². The van der Waals surface area contributed by atoms with E-state index in [1.807, 2.05) is 18.2 Å². The normalized spacial score (nSPS) is 30.3. The molecule has 0 amide bonds. The van der Waals surface area contributed by atoms with Crippen LogP contribution in [0, 0.1) is 5.92 Å². The van der Waals surface area contributed by atoms with Crippen LogP contribution in [-0.2, 0) is 5.54 Å². The zero-order chi connectivity index (χ0) is 14.7. The summed E-state index contributed by atoms with van der Waals surface area (Å²) in [5, 5.41) is 14.1. The lowest BCUT2D eigenvalue weighted by molar-refractivity contribution is 0.0445. The Kier molecular flexibility index (Phi) is 4.51. The first-order chi connectivity index (χ1) is 10.3. The van der Waals surface area contributed by atoms with Crippen molar-refractivity contribution in [2.75, 3.05) is 13.2 Å². The highest BCUT2D eigenvalue weighted by Crippen LogP contribution is 2.41. The molecule has 0 spiro atoms. The molecular formula is C18H27NO2. The first kappa shape index (κ1) is 14.9. The zero-order valence-electron chi connectivity index (χ0n) is 13.0. The minimum absolute atomic E-state index is 0.130. The highest BCUT2D eigenvalue weighted by Gasteiger charge is 2.44. The number of hydrogen-bond donors (Lipinski definition) is 2. The predicted molar refractivity (Wildman–Crippen MR) is 84.5 cm³/mol. The molecule has 1 fully saturated rings. The fourth-order valence-electron chi connectivity index (χ4n) is 3.88. The minimum Gasteiger partial charge on any atom is -0.493 e. The van der Waals surface area contributed by atoms with E-state index in [4.69, 9.17) is 4.74 Å². The molecule has 1 aromatic rings. The number of hydrogen-bond acceptors (Lipinski definition) is 3. The molecule has 0 saturated heterocycles. The van der Waals surface area contributed by atoms with Crippen LogP contribution in [0.25, 0.3) is 0 Å². The molecule has 3 nitrogen and oxygen atoms in total. The van der Waals surface area contributed by atoms with Gasteiger partial charge in [-0.2, -0.15) is 0 Å². The minimum atomic E-state index is -0.357. The monoisotopic (exact) mass is 289 g/mol. The van der Waals surface area contributed by atoms with Crippen molar-refractivity contribution in [3.05, 3.63) is 29.8 Å². The first-order valence-electron chi connectivity index (χ1n) is 8.37. The van der Waals surface area contributed by atoms with Gasteiger partial charge in [-0.05, 0) is 18.9 Å². The highest BCUT2D eigenvalue weighted by atomic mass is 16.5. The summed E-state index contributed by atoms with van der Waals surface area (Å²) in [5.74, 6) is 1.19. The fourth-order valence-corrected chi connectivity index (χ4v) is 3.88. The van der Waals surface area contributed by atoms with E-state index in [2.05, 4.69) is 18.3 Å². The standard InChI is InChI=1S/C18H27NO2/c1-14-12-21-17-11-7-6-10-16(17)18(14,13-20)19-15-8-4-2-3-5-9-15/h6-7,10-11,14-15,19-20H,2-5,8-9,12-13H2,1H3. The van der Waals surface area contributed by atoms with Crippen LogP contribution in [-0.4, -0.2) is 24.4 Å². The smallest absolute Gasteiger partial charge is 0.124 e. The van der Waals surface area contributed by atoms with Gasteiger partial charge in [-0.1, -0.05) is 50.8 Å². The molecule has 3 heteroatoms. The van der Waals surface area contributed by atoms with Gasteiger partial charge in [-0.15, -0.1) is 0 Å². The Bertz CT molecular complexity index is 468. The maximum absolute atomic E-state index is 10.2. The molecule has 2 unspecified atom stereocenters. The summed E-state index contributed by atoms with van der Waals surface area (Å²) < 4.78 is 5.86. The van der Waals surface area contributed by atoms with E-state index in [0.29, 0.717) is 12.6 Å². The van der Waals surface area contributed by atoms with E-state index >= 15 is 0 Å². The topological polar surface area (TPSA) is 41.5 Å². The van der Waals surface area contributed by atoms with E-state index in [1.165, 1.54) is 38.5 Å². The number of fused-ring (bicyclic) bond motifs is 1. The lowest BCUT2D eigenvalue weighted by Gasteiger charge is -2.45. The number of ether oxygens (including phenoxy) is 1. The van der Waals surface area contributed by atoms with Crippen molar-refractivity contribution in [1.82, 2.24) is 5.32 Å². The van der Waals surface area contributed by atoms with Gasteiger partial charge < -0.3 is 15.2 Å². The van der Waals surface area contributed by atoms with E-state index in [-0.39, 0.29) is 18.1 Å². The molecule has 1 saturated carbocycles. The van der Waals surface area contributed by atoms with Crippen molar-refractivity contribution in [2.45, 2.75) is 57.0 Å². The fraction of sp³-hybridized carbons (Fsp3) is 0.667. The van der Waals surface area contributed by atoms with E-state index in [1.54, 1.807) is 0 Å². The summed E-state index contributed by atoms with van der Waals surface area (Å²) in [5.41, 5.74) is 0.764. The van der Waals surface area contributed by atoms with Crippen molar-refractivity contribution in [1.29, 1.82) is 0 Å². The summed E-state index contributed by atoms with van der Waals surface area (Å²) in [7, 11) is 0. The third-order valence-electron chi connectivity index (χ3n) is 5.26. The number of aliphatic hydroxyl groups is 1. The zero-order valence-corrected chi connectivity index (χ0v) is 13.0. The van der Waals surface area contributed by atoms with Gasteiger partial charge in [-0.25, -0.2) is 0 Å². The van der Waals surface area contributed by atoms with Gasteiger partial charge in [0.2, 0.25) is 0 Å². The summed E-state index contributed by atoms with van der Waals surface area (Å²) in [6.45, 7) is 2.97. The Labute approximate surface area is 127 Å². The van der Waals surface area contributed by atoms with Crippen LogP contribution >= 0.6 is 0 Å². The number of benzene rings is 1. The molecule has 0 bridgehead atoms. The molecule has 116 valence electrons. The van der Waals surface area contributed by atoms with Crippen molar-refractivity contribution in [2.24, 2.45) is 5.92 Å². The van der Waals surface area contributed by atoms with Gasteiger partial charge in [0.25, 0.3) is 0 Å². The summed E-state index contributed by atoms with van der Waals surface area (Å²) in [6, 6.07) is 8.67. The second-order valence-corrected chi connectivity index (χ2v) is 6.67. The van der Waals surface area contributed by atoms with E-state index in [0.717, 1.165) is 11.3 Å². The van der Waals surface area contributed by atoms with Crippen LogP contribution in [0.2, 0.25) is 0 Å². The number of rotatable bonds is 3. The molecule has 2 N–H and O–H groups in total.